The van der Waals surface area contributed by atoms with Crippen molar-refractivity contribution >= 4 is 11.8 Å². The van der Waals surface area contributed by atoms with E-state index in [0.29, 0.717) is 39.5 Å². The van der Waals surface area contributed by atoms with Crippen molar-refractivity contribution in [3.05, 3.63) is 0 Å². The summed E-state index contributed by atoms with van der Waals surface area (Å²) in [4.78, 5) is 23.2. The second-order valence-electron chi connectivity index (χ2n) is 6.32. The molecule has 1 saturated carbocycles. The van der Waals surface area contributed by atoms with Gasteiger partial charge in [-0.1, -0.05) is 6.92 Å². The summed E-state index contributed by atoms with van der Waals surface area (Å²) in [5, 5.41) is 5.63. The Kier molecular flexibility index (Phi) is 9.90. The van der Waals surface area contributed by atoms with Crippen molar-refractivity contribution in [3.8, 4) is 0 Å². The van der Waals surface area contributed by atoms with Crippen molar-refractivity contribution in [1.82, 2.24) is 10.6 Å². The highest BCUT2D eigenvalue weighted by Crippen LogP contribution is 2.48. The lowest BCUT2D eigenvalue weighted by Gasteiger charge is -2.13. The zero-order valence-corrected chi connectivity index (χ0v) is 15.2. The van der Waals surface area contributed by atoms with Gasteiger partial charge in [0.25, 0.3) is 0 Å². The van der Waals surface area contributed by atoms with E-state index in [4.69, 9.17) is 14.2 Å². The Bertz CT molecular complexity index is 383. The first-order chi connectivity index (χ1) is 11.5. The molecule has 0 bridgehead atoms. The van der Waals surface area contributed by atoms with Gasteiger partial charge in [0.05, 0.1) is 32.5 Å². The predicted molar refractivity (Wildman–Crippen MR) is 90.7 cm³/mol. The van der Waals surface area contributed by atoms with Crippen LogP contribution in [0.1, 0.15) is 40.0 Å². The van der Waals surface area contributed by atoms with Crippen LogP contribution in [0.15, 0.2) is 0 Å². The summed E-state index contributed by atoms with van der Waals surface area (Å²) in [5.74, 6) is 0.0156. The summed E-state index contributed by atoms with van der Waals surface area (Å²) in [5.41, 5.74) is -0.0895. The Morgan fingerprint density at radius 1 is 1.00 bits per heavy atom. The average Bonchev–Trinajstić information content (AvgIpc) is 3.35. The largest absolute Gasteiger partial charge is 0.377 e. The van der Waals surface area contributed by atoms with Crippen LogP contribution in [0.2, 0.25) is 0 Å². The molecule has 0 heterocycles. The first-order valence-electron chi connectivity index (χ1n) is 8.82. The number of hydrogen-bond donors (Lipinski definition) is 2. The molecule has 0 aliphatic heterocycles. The van der Waals surface area contributed by atoms with E-state index in [1.165, 1.54) is 0 Å². The normalized spacial score (nSPS) is 15.3. The van der Waals surface area contributed by atoms with Gasteiger partial charge in [-0.3, -0.25) is 9.59 Å². The highest BCUT2D eigenvalue weighted by molar-refractivity contribution is 5.85. The summed E-state index contributed by atoms with van der Waals surface area (Å²) in [7, 11) is 0. The van der Waals surface area contributed by atoms with Gasteiger partial charge >= 0.3 is 0 Å². The van der Waals surface area contributed by atoms with Crippen LogP contribution < -0.4 is 10.6 Å². The number of carbonyl (C=O) groups is 2. The van der Waals surface area contributed by atoms with Crippen LogP contribution in [0.4, 0.5) is 0 Å². The van der Waals surface area contributed by atoms with E-state index in [2.05, 4.69) is 17.6 Å². The number of amides is 2. The van der Waals surface area contributed by atoms with Gasteiger partial charge in [0.15, 0.2) is 0 Å². The average molecular weight is 344 g/mol. The van der Waals surface area contributed by atoms with E-state index in [1.807, 2.05) is 13.8 Å². The molecule has 0 radical (unpaired) electrons. The molecule has 0 saturated heterocycles. The molecule has 1 aliphatic rings. The molecule has 2 amide bonds. The van der Waals surface area contributed by atoms with Crippen molar-refractivity contribution in [2.75, 3.05) is 46.1 Å². The summed E-state index contributed by atoms with van der Waals surface area (Å²) in [6.07, 6.45) is 2.97. The van der Waals surface area contributed by atoms with Crippen molar-refractivity contribution in [2.24, 2.45) is 5.41 Å². The van der Waals surface area contributed by atoms with Crippen LogP contribution in [0, 0.1) is 5.41 Å². The fourth-order valence-electron chi connectivity index (χ4n) is 2.19. The lowest BCUT2D eigenvalue weighted by atomic mass is 10.0. The molecule has 0 aromatic heterocycles. The van der Waals surface area contributed by atoms with Gasteiger partial charge in [0.1, 0.15) is 6.61 Å². The molecule has 1 aliphatic carbocycles. The number of hydrogen-bond acceptors (Lipinski definition) is 5. The van der Waals surface area contributed by atoms with Crippen LogP contribution in [-0.4, -0.2) is 64.0 Å². The highest BCUT2D eigenvalue weighted by atomic mass is 16.5. The first kappa shape index (κ1) is 20.9. The molecule has 0 aromatic rings. The zero-order valence-electron chi connectivity index (χ0n) is 15.2. The van der Waals surface area contributed by atoms with E-state index in [-0.39, 0.29) is 29.9 Å². The van der Waals surface area contributed by atoms with E-state index in [1.54, 1.807) is 0 Å². The smallest absolute Gasteiger partial charge is 0.246 e. The molecule has 7 heteroatoms. The van der Waals surface area contributed by atoms with Gasteiger partial charge in [-0.05, 0) is 33.1 Å². The summed E-state index contributed by atoms with van der Waals surface area (Å²) in [6.45, 7) is 8.74. The Morgan fingerprint density at radius 2 is 1.58 bits per heavy atom. The molecule has 0 atom stereocenters. The third-order valence-electron chi connectivity index (χ3n) is 4.03. The molecule has 1 fully saturated rings. The molecule has 2 N–H and O–H groups in total. The van der Waals surface area contributed by atoms with Gasteiger partial charge in [-0.2, -0.15) is 0 Å². The molecular weight excluding hydrogens is 312 g/mol. The van der Waals surface area contributed by atoms with Gasteiger partial charge in [-0.25, -0.2) is 0 Å². The zero-order chi connectivity index (χ0) is 17.8. The van der Waals surface area contributed by atoms with E-state index >= 15 is 0 Å². The summed E-state index contributed by atoms with van der Waals surface area (Å²) >= 11 is 0. The van der Waals surface area contributed by atoms with Crippen molar-refractivity contribution in [2.45, 2.75) is 46.1 Å². The lowest BCUT2D eigenvalue weighted by molar-refractivity contribution is -0.127. The lowest BCUT2D eigenvalue weighted by Crippen LogP contribution is -2.34. The summed E-state index contributed by atoms with van der Waals surface area (Å²) in [6, 6.07) is 0. The number of ether oxygens (including phenoxy) is 3. The predicted octanol–water partition coefficient (Wildman–Crippen LogP) is 0.867. The topological polar surface area (TPSA) is 85.9 Å². The minimum atomic E-state index is -0.139. The third kappa shape index (κ3) is 8.61. The molecule has 7 nitrogen and oxygen atoms in total. The SMILES string of the molecule is CCC1(C(=O)NCCOCCOCCNC(=O)COC(C)C)CC1. The molecule has 0 unspecified atom stereocenters. The van der Waals surface area contributed by atoms with Crippen LogP contribution in [0.5, 0.6) is 0 Å². The van der Waals surface area contributed by atoms with E-state index < -0.39 is 0 Å². The van der Waals surface area contributed by atoms with Crippen molar-refractivity contribution in [3.63, 3.8) is 0 Å². The number of rotatable bonds is 14. The molecule has 24 heavy (non-hydrogen) atoms. The highest BCUT2D eigenvalue weighted by Gasteiger charge is 2.47. The van der Waals surface area contributed by atoms with E-state index in [0.717, 1.165) is 19.3 Å². The maximum Gasteiger partial charge on any atom is 0.246 e. The van der Waals surface area contributed by atoms with Crippen LogP contribution in [-0.2, 0) is 23.8 Å². The standard InChI is InChI=1S/C17H32N2O5/c1-4-17(5-6-17)16(21)19-8-10-23-12-11-22-9-7-18-15(20)13-24-14(2)3/h14H,4-13H2,1-3H3,(H,18,20)(H,19,21). The number of carbonyl (C=O) groups excluding carboxylic acids is 2. The second kappa shape index (κ2) is 11.4. The fourth-order valence-corrected chi connectivity index (χ4v) is 2.19. The second-order valence-corrected chi connectivity index (χ2v) is 6.32. The van der Waals surface area contributed by atoms with Crippen LogP contribution in [0.25, 0.3) is 0 Å². The molecule has 0 aromatic carbocycles. The van der Waals surface area contributed by atoms with Crippen LogP contribution >= 0.6 is 0 Å². The Morgan fingerprint density at radius 3 is 2.08 bits per heavy atom. The maximum absolute atomic E-state index is 11.9. The molecular formula is C17H32N2O5. The summed E-state index contributed by atoms with van der Waals surface area (Å²) < 4.78 is 15.9. The maximum atomic E-state index is 11.9. The quantitative estimate of drug-likeness (QED) is 0.457. The van der Waals surface area contributed by atoms with Gasteiger partial charge < -0.3 is 24.8 Å². The van der Waals surface area contributed by atoms with Crippen molar-refractivity contribution in [1.29, 1.82) is 0 Å². The van der Waals surface area contributed by atoms with Gasteiger partial charge in [-0.15, -0.1) is 0 Å². The molecule has 1 rings (SSSR count). The Balaban J connectivity index is 1.82. The Labute approximate surface area is 144 Å². The number of nitrogens with one attached hydrogen (secondary N) is 2. The fraction of sp³-hybridized carbons (Fsp3) is 0.882. The van der Waals surface area contributed by atoms with E-state index in [9.17, 15) is 9.59 Å². The molecule has 140 valence electrons. The monoisotopic (exact) mass is 344 g/mol. The van der Waals surface area contributed by atoms with Crippen molar-refractivity contribution < 1.29 is 23.8 Å². The minimum absolute atomic E-state index is 0.0470. The first-order valence-corrected chi connectivity index (χ1v) is 8.82. The molecule has 0 spiro atoms. The van der Waals surface area contributed by atoms with Crippen LogP contribution in [0.3, 0.4) is 0 Å². The minimum Gasteiger partial charge on any atom is -0.377 e. The van der Waals surface area contributed by atoms with Gasteiger partial charge in [0, 0.05) is 18.5 Å². The van der Waals surface area contributed by atoms with Gasteiger partial charge in [0.2, 0.25) is 11.8 Å². The third-order valence-corrected chi connectivity index (χ3v) is 4.03. The Hall–Kier alpha value is -1.18.